The number of hydrogen-bond donors (Lipinski definition) is 0. The van der Waals surface area contributed by atoms with Gasteiger partial charge in [-0.05, 0) is 97.9 Å². The third-order valence-electron chi connectivity index (χ3n) is 10.2. The number of fused-ring (bicyclic) bond motifs is 6. The van der Waals surface area contributed by atoms with Crippen molar-refractivity contribution in [1.82, 2.24) is 0 Å². The first kappa shape index (κ1) is 30.0. The number of furan rings is 1. The highest BCUT2D eigenvalue weighted by atomic mass is 16.3. The Morgan fingerprint density at radius 1 is 0.308 bits per heavy atom. The average Bonchev–Trinajstić information content (AvgIpc) is 3.60. The Balaban J connectivity index is 1.07. The van der Waals surface area contributed by atoms with Crippen LogP contribution in [0.2, 0.25) is 0 Å². The first-order valence-electron chi connectivity index (χ1n) is 17.8. The van der Waals surface area contributed by atoms with Crippen molar-refractivity contribution in [2.24, 2.45) is 0 Å². The minimum Gasteiger partial charge on any atom is -0.455 e. The van der Waals surface area contributed by atoms with Crippen LogP contribution in [0.25, 0.3) is 76.9 Å². The number of anilines is 3. The van der Waals surface area contributed by atoms with Gasteiger partial charge < -0.3 is 9.32 Å². The van der Waals surface area contributed by atoms with Gasteiger partial charge in [-0.1, -0.05) is 152 Å². The Labute approximate surface area is 302 Å². The number of para-hydroxylation sites is 1. The molecule has 1 aromatic heterocycles. The number of nitrogens with zero attached hydrogens (tertiary/aromatic N) is 1. The molecule has 0 atom stereocenters. The first-order chi connectivity index (χ1) is 25.8. The topological polar surface area (TPSA) is 16.4 Å². The van der Waals surface area contributed by atoms with E-state index < -0.39 is 0 Å². The molecule has 244 valence electrons. The van der Waals surface area contributed by atoms with Crippen molar-refractivity contribution in [3.8, 4) is 33.4 Å². The Kier molecular flexibility index (Phi) is 7.18. The molecule has 1 heterocycles. The monoisotopic (exact) mass is 663 g/mol. The summed E-state index contributed by atoms with van der Waals surface area (Å²) in [7, 11) is 0. The normalized spacial score (nSPS) is 11.5. The van der Waals surface area contributed by atoms with E-state index in [0.717, 1.165) is 61.3 Å². The predicted octanol–water partition coefficient (Wildman–Crippen LogP) is 14.4. The van der Waals surface area contributed by atoms with Crippen LogP contribution in [0, 0.1) is 0 Å². The molecule has 0 aliphatic heterocycles. The van der Waals surface area contributed by atoms with E-state index in [9.17, 15) is 0 Å². The lowest BCUT2D eigenvalue weighted by molar-refractivity contribution is 0.670. The molecular weight excluding hydrogens is 631 g/mol. The summed E-state index contributed by atoms with van der Waals surface area (Å²) < 4.78 is 6.47. The van der Waals surface area contributed by atoms with Crippen LogP contribution in [-0.4, -0.2) is 0 Å². The fourth-order valence-corrected chi connectivity index (χ4v) is 7.67. The van der Waals surface area contributed by atoms with Gasteiger partial charge in [0.15, 0.2) is 0 Å². The van der Waals surface area contributed by atoms with E-state index >= 15 is 0 Å². The van der Waals surface area contributed by atoms with Crippen LogP contribution < -0.4 is 4.90 Å². The zero-order valence-electron chi connectivity index (χ0n) is 28.4. The van der Waals surface area contributed by atoms with Gasteiger partial charge in [0, 0.05) is 33.4 Å². The molecule has 0 aliphatic carbocycles. The largest absolute Gasteiger partial charge is 0.455 e. The third kappa shape index (κ3) is 5.21. The molecule has 9 aromatic carbocycles. The maximum atomic E-state index is 6.47. The highest BCUT2D eigenvalue weighted by Gasteiger charge is 2.17. The Bertz CT molecular complexity index is 2890. The van der Waals surface area contributed by atoms with Crippen molar-refractivity contribution in [3.63, 3.8) is 0 Å². The fourth-order valence-electron chi connectivity index (χ4n) is 7.67. The van der Waals surface area contributed by atoms with E-state index in [1.807, 2.05) is 6.07 Å². The molecule has 0 amide bonds. The van der Waals surface area contributed by atoms with Crippen molar-refractivity contribution in [1.29, 1.82) is 0 Å². The summed E-state index contributed by atoms with van der Waals surface area (Å²) in [4.78, 5) is 2.36. The van der Waals surface area contributed by atoms with Gasteiger partial charge in [0.2, 0.25) is 0 Å². The van der Waals surface area contributed by atoms with E-state index in [2.05, 4.69) is 199 Å². The minimum absolute atomic E-state index is 0.896. The van der Waals surface area contributed by atoms with Gasteiger partial charge in [-0.15, -0.1) is 0 Å². The van der Waals surface area contributed by atoms with Crippen molar-refractivity contribution in [2.45, 2.75) is 0 Å². The molecule has 2 nitrogen and oxygen atoms in total. The predicted molar refractivity (Wildman–Crippen MR) is 220 cm³/mol. The third-order valence-corrected chi connectivity index (χ3v) is 10.2. The molecule has 0 aliphatic rings. The van der Waals surface area contributed by atoms with Crippen LogP contribution in [0.3, 0.4) is 0 Å². The maximum Gasteiger partial charge on any atom is 0.143 e. The van der Waals surface area contributed by atoms with Crippen LogP contribution in [0.15, 0.2) is 205 Å². The molecule has 0 saturated heterocycles. The molecule has 0 saturated carbocycles. The quantitative estimate of drug-likeness (QED) is 0.165. The average molecular weight is 664 g/mol. The van der Waals surface area contributed by atoms with Gasteiger partial charge in [-0.2, -0.15) is 0 Å². The summed E-state index contributed by atoms with van der Waals surface area (Å²) in [5.74, 6) is 0. The van der Waals surface area contributed by atoms with Gasteiger partial charge in [-0.3, -0.25) is 0 Å². The lowest BCUT2D eigenvalue weighted by atomic mass is 9.99. The van der Waals surface area contributed by atoms with Crippen LogP contribution in [0.1, 0.15) is 0 Å². The molecule has 0 spiro atoms. The second kappa shape index (κ2) is 12.5. The fraction of sp³-hybridized carbons (Fsp3) is 0. The lowest BCUT2D eigenvalue weighted by Gasteiger charge is -2.27. The van der Waals surface area contributed by atoms with Gasteiger partial charge in [0.25, 0.3) is 0 Å². The molecule has 0 radical (unpaired) electrons. The van der Waals surface area contributed by atoms with Gasteiger partial charge >= 0.3 is 0 Å². The molecule has 10 rings (SSSR count). The van der Waals surface area contributed by atoms with Crippen molar-refractivity contribution < 1.29 is 4.42 Å². The van der Waals surface area contributed by atoms with Crippen LogP contribution in [0.5, 0.6) is 0 Å². The van der Waals surface area contributed by atoms with Gasteiger partial charge in [0.05, 0.1) is 0 Å². The smallest absolute Gasteiger partial charge is 0.143 e. The number of rotatable bonds is 6. The second-order valence-electron chi connectivity index (χ2n) is 13.4. The van der Waals surface area contributed by atoms with Crippen LogP contribution in [0.4, 0.5) is 17.1 Å². The molecule has 2 heteroatoms. The SMILES string of the molecule is c1ccc(-c2cccc(N(c3ccc(-c4ccc5oc6c(-c7ccccc7)cccc6c5c4)cc3)c3ccc4c(ccc5ccccc54)c3)c2)cc1. The summed E-state index contributed by atoms with van der Waals surface area (Å²) in [5, 5.41) is 7.25. The summed E-state index contributed by atoms with van der Waals surface area (Å²) in [6, 6.07) is 71.7. The summed E-state index contributed by atoms with van der Waals surface area (Å²) in [6.07, 6.45) is 0. The van der Waals surface area contributed by atoms with Gasteiger partial charge in [-0.25, -0.2) is 0 Å². The summed E-state index contributed by atoms with van der Waals surface area (Å²) >= 11 is 0. The Hall–Kier alpha value is -6.90. The molecule has 10 aromatic rings. The zero-order valence-corrected chi connectivity index (χ0v) is 28.4. The highest BCUT2D eigenvalue weighted by Crippen LogP contribution is 2.41. The van der Waals surface area contributed by atoms with Gasteiger partial charge in [0.1, 0.15) is 11.2 Å². The standard InChI is InChI=1S/C50H33NO/c1-3-11-34(12-4-1)38-16-9-17-42(31-38)51(43-28-29-45-40(32-43)22-21-37-15-7-8-18-44(37)45)41-26-23-35(24-27-41)39-25-30-49-48(33-39)47-20-10-19-46(50(47)52-49)36-13-5-2-6-14-36/h1-33H. The van der Waals surface area contributed by atoms with Crippen LogP contribution >= 0.6 is 0 Å². The number of hydrogen-bond acceptors (Lipinski definition) is 2. The molecule has 0 fully saturated rings. The summed E-state index contributed by atoms with van der Waals surface area (Å²) in [6.45, 7) is 0. The Morgan fingerprint density at radius 2 is 0.904 bits per heavy atom. The first-order valence-corrected chi connectivity index (χ1v) is 17.8. The van der Waals surface area contributed by atoms with E-state index in [0.29, 0.717) is 0 Å². The molecule has 0 unspecified atom stereocenters. The lowest BCUT2D eigenvalue weighted by Crippen LogP contribution is -2.10. The second-order valence-corrected chi connectivity index (χ2v) is 13.4. The Morgan fingerprint density at radius 3 is 1.75 bits per heavy atom. The van der Waals surface area contributed by atoms with Crippen molar-refractivity contribution >= 4 is 60.5 Å². The van der Waals surface area contributed by atoms with E-state index in [4.69, 9.17) is 4.42 Å². The van der Waals surface area contributed by atoms with Crippen molar-refractivity contribution in [2.75, 3.05) is 4.90 Å². The molecule has 0 N–H and O–H groups in total. The van der Waals surface area contributed by atoms with E-state index in [-0.39, 0.29) is 0 Å². The minimum atomic E-state index is 0.896. The number of benzene rings is 9. The molecule has 0 bridgehead atoms. The van der Waals surface area contributed by atoms with Crippen LogP contribution in [-0.2, 0) is 0 Å². The summed E-state index contributed by atoms with van der Waals surface area (Å²) in [5.41, 5.74) is 12.1. The van der Waals surface area contributed by atoms with E-state index in [1.54, 1.807) is 0 Å². The molecular formula is C50H33NO. The highest BCUT2D eigenvalue weighted by molar-refractivity contribution is 6.11. The molecule has 52 heavy (non-hydrogen) atoms. The van der Waals surface area contributed by atoms with E-state index in [1.165, 1.54) is 32.7 Å². The maximum absolute atomic E-state index is 6.47. The van der Waals surface area contributed by atoms with Crippen molar-refractivity contribution in [3.05, 3.63) is 200 Å². The zero-order chi connectivity index (χ0) is 34.4.